The molecule has 2 atom stereocenters. The first-order valence-corrected chi connectivity index (χ1v) is 8.27. The van der Waals surface area contributed by atoms with Crippen LogP contribution in [0.4, 0.5) is 0 Å². The van der Waals surface area contributed by atoms with Crippen molar-refractivity contribution in [2.45, 2.75) is 18.3 Å². The Hall–Kier alpha value is -0.590. The van der Waals surface area contributed by atoms with Gasteiger partial charge in [-0.1, -0.05) is 0 Å². The van der Waals surface area contributed by atoms with Gasteiger partial charge in [0.15, 0.2) is 9.84 Å². The van der Waals surface area contributed by atoms with Crippen LogP contribution in [0.2, 0.25) is 0 Å². The summed E-state index contributed by atoms with van der Waals surface area (Å²) in [5.41, 5.74) is 1.47. The summed E-state index contributed by atoms with van der Waals surface area (Å²) in [4.78, 5) is 11.9. The van der Waals surface area contributed by atoms with E-state index in [1.54, 1.807) is 5.38 Å². The summed E-state index contributed by atoms with van der Waals surface area (Å²) in [5, 5.41) is 5.77. The van der Waals surface area contributed by atoms with Crippen LogP contribution < -0.4 is 5.32 Å². The molecule has 0 aliphatic carbocycles. The Balaban J connectivity index is 2.08. The van der Waals surface area contributed by atoms with Crippen LogP contribution in [-0.2, 0) is 9.84 Å². The first-order valence-electron chi connectivity index (χ1n) is 5.07. The average Bonchev–Trinajstić information content (AvgIpc) is 2.71. The summed E-state index contributed by atoms with van der Waals surface area (Å²) in [6, 6.07) is -0.492. The standard InChI is InChI=1S/C10H12ClNO3S2/c1-6-2-16-3-7(6)10(13)12-9-5-17(14,15)4-8(9)11/h2-3,8-9H,4-5H2,1H3,(H,12,13). The van der Waals surface area contributed by atoms with E-state index in [4.69, 9.17) is 11.6 Å². The van der Waals surface area contributed by atoms with Gasteiger partial charge in [-0.15, -0.1) is 11.6 Å². The number of nitrogens with one attached hydrogen (secondary N) is 1. The molecule has 0 spiro atoms. The number of thiophene rings is 1. The van der Waals surface area contributed by atoms with Crippen LogP contribution >= 0.6 is 22.9 Å². The Bertz CT molecular complexity index is 538. The summed E-state index contributed by atoms with van der Waals surface area (Å²) in [6.07, 6.45) is 0. The molecule has 94 valence electrons. The van der Waals surface area contributed by atoms with Gasteiger partial charge in [-0.05, 0) is 17.9 Å². The molecule has 1 aromatic heterocycles. The maximum Gasteiger partial charge on any atom is 0.252 e. The number of hydrogen-bond donors (Lipinski definition) is 1. The molecule has 0 saturated carbocycles. The van der Waals surface area contributed by atoms with Crippen molar-refractivity contribution in [2.75, 3.05) is 11.5 Å². The van der Waals surface area contributed by atoms with Gasteiger partial charge in [-0.2, -0.15) is 11.3 Å². The van der Waals surface area contributed by atoms with Gasteiger partial charge in [0, 0.05) is 5.38 Å². The molecule has 2 unspecified atom stereocenters. The van der Waals surface area contributed by atoms with E-state index in [2.05, 4.69) is 5.32 Å². The highest BCUT2D eigenvalue weighted by Gasteiger charge is 2.37. The predicted molar refractivity (Wildman–Crippen MR) is 68.6 cm³/mol. The fourth-order valence-corrected chi connectivity index (χ4v) is 5.15. The van der Waals surface area contributed by atoms with Gasteiger partial charge in [0.25, 0.3) is 5.91 Å². The quantitative estimate of drug-likeness (QED) is 0.833. The van der Waals surface area contributed by atoms with Gasteiger partial charge in [0.2, 0.25) is 0 Å². The van der Waals surface area contributed by atoms with E-state index in [0.29, 0.717) is 5.56 Å². The minimum Gasteiger partial charge on any atom is -0.347 e. The van der Waals surface area contributed by atoms with Crippen molar-refractivity contribution in [2.24, 2.45) is 0 Å². The van der Waals surface area contributed by atoms with Crippen molar-refractivity contribution in [1.82, 2.24) is 5.32 Å². The van der Waals surface area contributed by atoms with Gasteiger partial charge in [-0.25, -0.2) is 8.42 Å². The molecule has 1 N–H and O–H groups in total. The number of carbonyl (C=O) groups is 1. The van der Waals surface area contributed by atoms with Gasteiger partial charge in [-0.3, -0.25) is 4.79 Å². The zero-order chi connectivity index (χ0) is 12.6. The van der Waals surface area contributed by atoms with E-state index in [-0.39, 0.29) is 17.4 Å². The Kier molecular flexibility index (Phi) is 3.47. The van der Waals surface area contributed by atoms with E-state index in [1.807, 2.05) is 12.3 Å². The second kappa shape index (κ2) is 4.59. The topological polar surface area (TPSA) is 63.2 Å². The van der Waals surface area contributed by atoms with E-state index >= 15 is 0 Å². The summed E-state index contributed by atoms with van der Waals surface area (Å²) >= 11 is 7.36. The number of hydrogen-bond acceptors (Lipinski definition) is 4. The monoisotopic (exact) mass is 293 g/mol. The molecular formula is C10H12ClNO3S2. The summed E-state index contributed by atoms with van der Waals surface area (Å²) in [5.74, 6) is -0.394. The summed E-state index contributed by atoms with van der Waals surface area (Å²) in [7, 11) is -3.11. The highest BCUT2D eigenvalue weighted by atomic mass is 35.5. The van der Waals surface area contributed by atoms with Crippen molar-refractivity contribution < 1.29 is 13.2 Å². The van der Waals surface area contributed by atoms with Crippen LogP contribution in [0.1, 0.15) is 15.9 Å². The zero-order valence-corrected chi connectivity index (χ0v) is 11.5. The molecule has 1 aromatic rings. The molecule has 4 nitrogen and oxygen atoms in total. The number of amides is 1. The molecule has 7 heteroatoms. The van der Waals surface area contributed by atoms with Crippen LogP contribution in [0.15, 0.2) is 10.8 Å². The third kappa shape index (κ3) is 2.81. The van der Waals surface area contributed by atoms with Crippen LogP contribution in [-0.4, -0.2) is 37.2 Å². The Morgan fingerprint density at radius 1 is 1.47 bits per heavy atom. The fourth-order valence-electron chi connectivity index (χ4n) is 1.78. The van der Waals surface area contributed by atoms with Gasteiger partial charge < -0.3 is 5.32 Å². The lowest BCUT2D eigenvalue weighted by Crippen LogP contribution is -2.40. The van der Waals surface area contributed by atoms with Crippen molar-refractivity contribution in [3.8, 4) is 0 Å². The largest absolute Gasteiger partial charge is 0.347 e. The van der Waals surface area contributed by atoms with Crippen LogP contribution in [0.25, 0.3) is 0 Å². The third-order valence-corrected chi connectivity index (χ3v) is 5.94. The second-order valence-electron chi connectivity index (χ2n) is 4.14. The lowest BCUT2D eigenvalue weighted by Gasteiger charge is -2.14. The third-order valence-electron chi connectivity index (χ3n) is 2.70. The molecule has 1 saturated heterocycles. The Labute approximate surface area is 109 Å². The smallest absolute Gasteiger partial charge is 0.252 e. The predicted octanol–water partition coefficient (Wildman–Crippen LogP) is 1.19. The lowest BCUT2D eigenvalue weighted by molar-refractivity contribution is 0.0941. The maximum atomic E-state index is 11.9. The maximum absolute atomic E-state index is 11.9. The molecule has 1 fully saturated rings. The van der Waals surface area contributed by atoms with Crippen molar-refractivity contribution >= 4 is 38.7 Å². The normalized spacial score (nSPS) is 26.9. The molecule has 1 amide bonds. The van der Waals surface area contributed by atoms with E-state index in [0.717, 1.165) is 5.56 Å². The number of sulfone groups is 1. The molecule has 0 aromatic carbocycles. The van der Waals surface area contributed by atoms with Gasteiger partial charge >= 0.3 is 0 Å². The minimum atomic E-state index is -3.11. The molecule has 2 heterocycles. The van der Waals surface area contributed by atoms with Crippen LogP contribution in [0.3, 0.4) is 0 Å². The lowest BCUT2D eigenvalue weighted by atomic mass is 10.2. The zero-order valence-electron chi connectivity index (χ0n) is 9.14. The van der Waals surface area contributed by atoms with E-state index in [9.17, 15) is 13.2 Å². The Morgan fingerprint density at radius 3 is 2.65 bits per heavy atom. The number of rotatable bonds is 2. The molecule has 2 rings (SSSR count). The second-order valence-corrected chi connectivity index (χ2v) is 7.60. The average molecular weight is 294 g/mol. The Morgan fingerprint density at radius 2 is 2.18 bits per heavy atom. The molecular weight excluding hydrogens is 282 g/mol. The number of alkyl halides is 1. The van der Waals surface area contributed by atoms with Gasteiger partial charge in [0.1, 0.15) is 0 Å². The summed E-state index contributed by atoms with van der Waals surface area (Å²) in [6.45, 7) is 1.84. The van der Waals surface area contributed by atoms with Crippen LogP contribution in [0, 0.1) is 6.92 Å². The van der Waals surface area contributed by atoms with Gasteiger partial charge in [0.05, 0.1) is 28.5 Å². The minimum absolute atomic E-state index is 0.0673. The first-order chi connectivity index (χ1) is 7.89. The number of halogens is 1. The molecule has 17 heavy (non-hydrogen) atoms. The highest BCUT2D eigenvalue weighted by Crippen LogP contribution is 2.19. The SMILES string of the molecule is Cc1cscc1C(=O)NC1CS(=O)(=O)CC1Cl. The first kappa shape index (κ1) is 12.9. The van der Waals surface area contributed by atoms with Crippen LogP contribution in [0.5, 0.6) is 0 Å². The van der Waals surface area contributed by atoms with E-state index in [1.165, 1.54) is 11.3 Å². The molecule has 1 aliphatic rings. The number of carbonyl (C=O) groups excluding carboxylic acids is 1. The number of aryl methyl sites for hydroxylation is 1. The summed E-state index contributed by atoms with van der Waals surface area (Å²) < 4.78 is 22.7. The van der Waals surface area contributed by atoms with Crippen molar-refractivity contribution in [1.29, 1.82) is 0 Å². The van der Waals surface area contributed by atoms with Crippen molar-refractivity contribution in [3.63, 3.8) is 0 Å². The van der Waals surface area contributed by atoms with E-state index < -0.39 is 21.3 Å². The highest BCUT2D eigenvalue weighted by molar-refractivity contribution is 7.91. The fraction of sp³-hybridized carbons (Fsp3) is 0.500. The molecule has 0 radical (unpaired) electrons. The van der Waals surface area contributed by atoms with Crippen molar-refractivity contribution in [3.05, 3.63) is 21.9 Å². The molecule has 1 aliphatic heterocycles. The molecule has 0 bridgehead atoms.